The molecule has 5 heteroatoms. The Kier molecular flexibility index (Phi) is 3.89. The molecule has 2 aromatic rings. The number of carbonyl (C=O) groups excluding carboxylic acids is 1. The number of hydrogen-bond acceptors (Lipinski definition) is 4. The minimum absolute atomic E-state index is 0.128. The van der Waals surface area contributed by atoms with Gasteiger partial charge in [-0.2, -0.15) is 4.99 Å². The summed E-state index contributed by atoms with van der Waals surface area (Å²) in [7, 11) is 0. The zero-order chi connectivity index (χ0) is 15.6. The fraction of sp³-hybridized carbons (Fsp3) is 0.222. The van der Waals surface area contributed by atoms with E-state index < -0.39 is 0 Å². The molecule has 4 rings (SSSR count). The van der Waals surface area contributed by atoms with E-state index in [1.165, 1.54) is 17.1 Å². The van der Waals surface area contributed by atoms with Crippen molar-refractivity contribution in [3.63, 3.8) is 0 Å². The molecule has 1 amide bonds. The van der Waals surface area contributed by atoms with Gasteiger partial charge in [-0.15, -0.1) is 0 Å². The molecular formula is C18H17N3OS. The standard InChI is InChI=1S/C18H17N3OS/c22-17-16(23-18(20-17)21-10-8-19-9-11-21)12-14-6-3-5-13-4-1-2-7-15(13)14/h1-7,12,19H,8-11H2. The molecule has 0 aliphatic carbocycles. The van der Waals surface area contributed by atoms with Gasteiger partial charge in [-0.1, -0.05) is 42.5 Å². The van der Waals surface area contributed by atoms with E-state index >= 15 is 0 Å². The molecule has 0 unspecified atom stereocenters. The molecule has 0 saturated carbocycles. The number of aliphatic imine (C=N–C) groups is 1. The summed E-state index contributed by atoms with van der Waals surface area (Å²) in [5, 5.41) is 6.49. The lowest BCUT2D eigenvalue weighted by atomic mass is 10.0. The summed E-state index contributed by atoms with van der Waals surface area (Å²) in [4.78, 5) is 19.4. The lowest BCUT2D eigenvalue weighted by Crippen LogP contribution is -2.45. The maximum atomic E-state index is 12.2. The second-order valence-corrected chi connectivity index (χ2v) is 6.62. The number of thioether (sulfide) groups is 1. The Morgan fingerprint density at radius 3 is 2.74 bits per heavy atom. The molecule has 1 saturated heterocycles. The number of nitrogens with one attached hydrogen (secondary N) is 1. The van der Waals surface area contributed by atoms with Crippen LogP contribution < -0.4 is 5.32 Å². The molecule has 0 aromatic heterocycles. The van der Waals surface area contributed by atoms with Crippen LogP contribution in [0.5, 0.6) is 0 Å². The highest BCUT2D eigenvalue weighted by molar-refractivity contribution is 8.18. The Labute approximate surface area is 139 Å². The fourth-order valence-corrected chi connectivity index (χ4v) is 3.86. The molecule has 0 radical (unpaired) electrons. The van der Waals surface area contributed by atoms with Crippen molar-refractivity contribution in [3.8, 4) is 0 Å². The number of rotatable bonds is 1. The van der Waals surface area contributed by atoms with Crippen molar-refractivity contribution in [2.45, 2.75) is 0 Å². The normalized spacial score (nSPS) is 20.3. The summed E-state index contributed by atoms with van der Waals surface area (Å²) in [5.74, 6) is -0.128. The second kappa shape index (κ2) is 6.18. The van der Waals surface area contributed by atoms with E-state index in [0.29, 0.717) is 4.91 Å². The topological polar surface area (TPSA) is 44.7 Å². The summed E-state index contributed by atoms with van der Waals surface area (Å²) < 4.78 is 0. The average molecular weight is 323 g/mol. The van der Waals surface area contributed by atoms with Crippen molar-refractivity contribution in [2.75, 3.05) is 26.2 Å². The predicted molar refractivity (Wildman–Crippen MR) is 96.4 cm³/mol. The highest BCUT2D eigenvalue weighted by Gasteiger charge is 2.26. The Morgan fingerprint density at radius 2 is 1.87 bits per heavy atom. The number of nitrogens with zero attached hydrogens (tertiary/aromatic N) is 2. The largest absolute Gasteiger partial charge is 0.348 e. The van der Waals surface area contributed by atoms with Gasteiger partial charge in [-0.05, 0) is 34.2 Å². The van der Waals surface area contributed by atoms with Gasteiger partial charge in [-0.3, -0.25) is 4.79 Å². The lowest BCUT2D eigenvalue weighted by molar-refractivity contribution is -0.113. The van der Waals surface area contributed by atoms with E-state index in [0.717, 1.165) is 42.3 Å². The molecule has 0 bridgehead atoms. The van der Waals surface area contributed by atoms with E-state index in [9.17, 15) is 4.79 Å². The van der Waals surface area contributed by atoms with Gasteiger partial charge in [0.2, 0.25) is 0 Å². The van der Waals surface area contributed by atoms with Crippen LogP contribution in [-0.4, -0.2) is 42.2 Å². The number of carbonyl (C=O) groups is 1. The summed E-state index contributed by atoms with van der Waals surface area (Å²) >= 11 is 1.49. The first-order valence-corrected chi connectivity index (χ1v) is 8.59. The number of fused-ring (bicyclic) bond motifs is 1. The Bertz CT molecular complexity index is 817. The molecule has 1 N–H and O–H groups in total. The molecule has 116 valence electrons. The first kappa shape index (κ1) is 14.5. The SMILES string of the molecule is O=C1N=C(N2CCNCC2)SC1=Cc1cccc2ccccc12. The lowest BCUT2D eigenvalue weighted by Gasteiger charge is -2.27. The van der Waals surface area contributed by atoms with Crippen molar-refractivity contribution in [2.24, 2.45) is 4.99 Å². The average Bonchev–Trinajstić information content (AvgIpc) is 2.97. The number of piperazine rings is 1. The van der Waals surface area contributed by atoms with Crippen LogP contribution in [0, 0.1) is 0 Å². The number of benzene rings is 2. The van der Waals surface area contributed by atoms with Gasteiger partial charge >= 0.3 is 0 Å². The van der Waals surface area contributed by atoms with Crippen LogP contribution in [0.1, 0.15) is 5.56 Å². The zero-order valence-corrected chi connectivity index (χ0v) is 13.5. The summed E-state index contributed by atoms with van der Waals surface area (Å²) in [6.07, 6.45) is 1.97. The number of hydrogen-bond donors (Lipinski definition) is 1. The van der Waals surface area contributed by atoms with E-state index in [-0.39, 0.29) is 5.91 Å². The zero-order valence-electron chi connectivity index (χ0n) is 12.7. The summed E-state index contributed by atoms with van der Waals surface area (Å²) in [5.41, 5.74) is 1.07. The highest BCUT2D eigenvalue weighted by atomic mass is 32.2. The number of amides is 1. The van der Waals surface area contributed by atoms with Crippen molar-refractivity contribution < 1.29 is 4.79 Å². The molecule has 0 spiro atoms. The third kappa shape index (κ3) is 2.90. The number of amidine groups is 1. The first-order chi connectivity index (χ1) is 11.3. The van der Waals surface area contributed by atoms with Gasteiger partial charge in [0.15, 0.2) is 5.17 Å². The van der Waals surface area contributed by atoms with E-state index in [1.807, 2.05) is 30.3 Å². The van der Waals surface area contributed by atoms with Crippen LogP contribution in [0.25, 0.3) is 16.8 Å². The van der Waals surface area contributed by atoms with Crippen molar-refractivity contribution >= 4 is 39.7 Å². The van der Waals surface area contributed by atoms with Gasteiger partial charge in [0.25, 0.3) is 5.91 Å². The summed E-state index contributed by atoms with van der Waals surface area (Å²) in [6, 6.07) is 14.4. The van der Waals surface area contributed by atoms with Gasteiger partial charge in [0.05, 0.1) is 4.91 Å². The van der Waals surface area contributed by atoms with Crippen LogP contribution in [0.2, 0.25) is 0 Å². The van der Waals surface area contributed by atoms with E-state index in [4.69, 9.17) is 0 Å². The third-order valence-electron chi connectivity index (χ3n) is 4.11. The highest BCUT2D eigenvalue weighted by Crippen LogP contribution is 2.31. The van der Waals surface area contributed by atoms with Crippen LogP contribution in [0.15, 0.2) is 52.4 Å². The maximum Gasteiger partial charge on any atom is 0.286 e. The van der Waals surface area contributed by atoms with Gasteiger partial charge in [0.1, 0.15) is 0 Å². The molecule has 2 aliphatic heterocycles. The molecule has 0 atom stereocenters. The van der Waals surface area contributed by atoms with Crippen molar-refractivity contribution in [1.82, 2.24) is 10.2 Å². The van der Waals surface area contributed by atoms with Gasteiger partial charge < -0.3 is 10.2 Å². The van der Waals surface area contributed by atoms with Gasteiger partial charge in [-0.25, -0.2) is 0 Å². The molecule has 2 aromatic carbocycles. The first-order valence-electron chi connectivity index (χ1n) is 7.77. The minimum atomic E-state index is -0.128. The fourth-order valence-electron chi connectivity index (χ4n) is 2.91. The van der Waals surface area contributed by atoms with Crippen molar-refractivity contribution in [3.05, 3.63) is 52.9 Å². The van der Waals surface area contributed by atoms with E-state index in [1.54, 1.807) is 0 Å². The molecule has 4 nitrogen and oxygen atoms in total. The van der Waals surface area contributed by atoms with Crippen molar-refractivity contribution in [1.29, 1.82) is 0 Å². The van der Waals surface area contributed by atoms with E-state index in [2.05, 4.69) is 33.4 Å². The van der Waals surface area contributed by atoms with Crippen LogP contribution >= 0.6 is 11.8 Å². The monoisotopic (exact) mass is 323 g/mol. The molecule has 23 heavy (non-hydrogen) atoms. The van der Waals surface area contributed by atoms with Gasteiger partial charge in [0, 0.05) is 26.2 Å². The quantitative estimate of drug-likeness (QED) is 0.820. The molecule has 1 fully saturated rings. The Balaban J connectivity index is 1.63. The Hall–Kier alpha value is -2.11. The second-order valence-electron chi connectivity index (χ2n) is 5.62. The van der Waals surface area contributed by atoms with Crippen LogP contribution in [0.4, 0.5) is 0 Å². The smallest absolute Gasteiger partial charge is 0.286 e. The molecular weight excluding hydrogens is 306 g/mol. The third-order valence-corrected chi connectivity index (χ3v) is 5.15. The van der Waals surface area contributed by atoms with Crippen LogP contribution in [-0.2, 0) is 4.79 Å². The molecule has 2 heterocycles. The van der Waals surface area contributed by atoms with Crippen LogP contribution in [0.3, 0.4) is 0 Å². The summed E-state index contributed by atoms with van der Waals surface area (Å²) in [6.45, 7) is 3.69. The predicted octanol–water partition coefficient (Wildman–Crippen LogP) is 2.72. The maximum absolute atomic E-state index is 12.2. The minimum Gasteiger partial charge on any atom is -0.348 e. The molecule has 2 aliphatic rings. The Morgan fingerprint density at radius 1 is 1.09 bits per heavy atom.